The van der Waals surface area contributed by atoms with Crippen LogP contribution in [0.3, 0.4) is 0 Å². The van der Waals surface area contributed by atoms with E-state index in [-0.39, 0.29) is 18.1 Å². The number of fused-ring (bicyclic) bond motifs is 1. The van der Waals surface area contributed by atoms with E-state index in [1.807, 2.05) is 23.1 Å². The van der Waals surface area contributed by atoms with Crippen LogP contribution in [0.1, 0.15) is 37.3 Å². The van der Waals surface area contributed by atoms with Gasteiger partial charge in [-0.2, -0.15) is 4.31 Å². The third-order valence-corrected chi connectivity index (χ3v) is 6.89. The predicted octanol–water partition coefficient (Wildman–Crippen LogP) is 2.02. The van der Waals surface area contributed by atoms with Crippen molar-refractivity contribution >= 4 is 15.9 Å². The lowest BCUT2D eigenvalue weighted by atomic mass is 10.0. The minimum atomic E-state index is -3.39. The maximum Gasteiger partial charge on any atom is 0.223 e. The summed E-state index contributed by atoms with van der Waals surface area (Å²) in [7, 11) is -3.39. The van der Waals surface area contributed by atoms with Gasteiger partial charge < -0.3 is 4.90 Å². The monoisotopic (exact) mass is 350 g/mol. The van der Waals surface area contributed by atoms with Gasteiger partial charge >= 0.3 is 0 Å². The lowest BCUT2D eigenvalue weighted by Gasteiger charge is -2.31. The summed E-state index contributed by atoms with van der Waals surface area (Å²) in [6, 6.07) is 7.97. The standard InChI is InChI=1S/C18H26N2O3S/c1-15-5-4-10-19(13-15)18(21)9-12-24(22,23)20-11-8-16-6-2-3-7-17(16)14-20/h2-3,6-7,15H,4-5,8-14H2,1H3. The van der Waals surface area contributed by atoms with Crippen molar-refractivity contribution in [1.82, 2.24) is 9.21 Å². The van der Waals surface area contributed by atoms with Crippen molar-refractivity contribution < 1.29 is 13.2 Å². The van der Waals surface area contributed by atoms with E-state index in [1.54, 1.807) is 0 Å². The average molecular weight is 350 g/mol. The van der Waals surface area contributed by atoms with E-state index in [0.29, 0.717) is 19.0 Å². The Hall–Kier alpha value is -1.40. The number of sulfonamides is 1. The van der Waals surface area contributed by atoms with E-state index in [1.165, 1.54) is 9.87 Å². The number of hydrogen-bond donors (Lipinski definition) is 0. The summed E-state index contributed by atoms with van der Waals surface area (Å²) in [6.45, 7) is 4.60. The van der Waals surface area contributed by atoms with Gasteiger partial charge in [-0.05, 0) is 36.3 Å². The summed E-state index contributed by atoms with van der Waals surface area (Å²) in [6.07, 6.45) is 3.00. The van der Waals surface area contributed by atoms with Crippen molar-refractivity contribution in [2.75, 3.05) is 25.4 Å². The molecule has 0 spiro atoms. The van der Waals surface area contributed by atoms with Crippen molar-refractivity contribution in [2.24, 2.45) is 5.92 Å². The number of piperidine rings is 1. The highest BCUT2D eigenvalue weighted by Crippen LogP contribution is 2.22. The fourth-order valence-electron chi connectivity index (χ4n) is 3.63. The largest absolute Gasteiger partial charge is 0.342 e. The van der Waals surface area contributed by atoms with E-state index in [0.717, 1.165) is 37.9 Å². The second-order valence-corrected chi connectivity index (χ2v) is 9.09. The number of amides is 1. The molecule has 2 heterocycles. The first kappa shape index (κ1) is 17.4. The molecule has 0 aromatic heterocycles. The fourth-order valence-corrected chi connectivity index (χ4v) is 5.02. The van der Waals surface area contributed by atoms with Gasteiger partial charge in [0.05, 0.1) is 5.75 Å². The Labute approximate surface area is 144 Å². The van der Waals surface area contributed by atoms with Crippen LogP contribution in [0.5, 0.6) is 0 Å². The lowest BCUT2D eigenvalue weighted by Crippen LogP contribution is -2.41. The van der Waals surface area contributed by atoms with Crippen LogP contribution in [0, 0.1) is 5.92 Å². The van der Waals surface area contributed by atoms with Gasteiger partial charge in [-0.15, -0.1) is 0 Å². The van der Waals surface area contributed by atoms with Crippen LogP contribution in [0.4, 0.5) is 0 Å². The highest BCUT2D eigenvalue weighted by molar-refractivity contribution is 7.89. The van der Waals surface area contributed by atoms with Crippen molar-refractivity contribution in [2.45, 2.75) is 39.2 Å². The van der Waals surface area contributed by atoms with Crippen LogP contribution in [0.25, 0.3) is 0 Å². The zero-order chi connectivity index (χ0) is 17.2. The number of likely N-dealkylation sites (tertiary alicyclic amines) is 1. The Kier molecular flexibility index (Phi) is 5.25. The molecule has 1 atom stereocenters. The van der Waals surface area contributed by atoms with Crippen LogP contribution in [-0.4, -0.2) is 48.9 Å². The van der Waals surface area contributed by atoms with Crippen molar-refractivity contribution in [3.05, 3.63) is 35.4 Å². The zero-order valence-electron chi connectivity index (χ0n) is 14.3. The van der Waals surface area contributed by atoms with Crippen LogP contribution in [0.2, 0.25) is 0 Å². The van der Waals surface area contributed by atoms with Crippen LogP contribution in [0.15, 0.2) is 24.3 Å². The average Bonchev–Trinajstić information content (AvgIpc) is 2.59. The molecule has 0 saturated carbocycles. The molecule has 24 heavy (non-hydrogen) atoms. The van der Waals surface area contributed by atoms with E-state index >= 15 is 0 Å². The molecule has 0 radical (unpaired) electrons. The maximum absolute atomic E-state index is 12.6. The summed E-state index contributed by atoms with van der Waals surface area (Å²) in [4.78, 5) is 14.1. The number of rotatable bonds is 4. The van der Waals surface area contributed by atoms with Gasteiger partial charge in [0.1, 0.15) is 0 Å². The Morgan fingerprint density at radius 2 is 1.96 bits per heavy atom. The molecule has 2 aliphatic rings. The third-order valence-electron chi connectivity index (χ3n) is 5.07. The van der Waals surface area contributed by atoms with Crippen molar-refractivity contribution in [3.8, 4) is 0 Å². The number of carbonyl (C=O) groups is 1. The van der Waals surface area contributed by atoms with Crippen molar-refractivity contribution in [1.29, 1.82) is 0 Å². The minimum absolute atomic E-state index is 0.0254. The topological polar surface area (TPSA) is 57.7 Å². The first-order valence-electron chi connectivity index (χ1n) is 8.78. The third kappa shape index (κ3) is 3.98. The molecular weight excluding hydrogens is 324 g/mol. The predicted molar refractivity (Wildman–Crippen MR) is 93.9 cm³/mol. The Morgan fingerprint density at radius 3 is 2.71 bits per heavy atom. The van der Waals surface area contributed by atoms with Gasteiger partial charge in [-0.25, -0.2) is 8.42 Å². The molecule has 0 N–H and O–H groups in total. The summed E-state index contributed by atoms with van der Waals surface area (Å²) in [5, 5.41) is 0. The zero-order valence-corrected chi connectivity index (χ0v) is 15.1. The summed E-state index contributed by atoms with van der Waals surface area (Å²) in [5.41, 5.74) is 2.30. The van der Waals surface area contributed by atoms with Gasteiger partial charge in [0.2, 0.25) is 15.9 Å². The molecule has 2 aliphatic heterocycles. The molecule has 5 nitrogen and oxygen atoms in total. The number of nitrogens with zero attached hydrogens (tertiary/aromatic N) is 2. The van der Waals surface area contributed by atoms with Crippen LogP contribution in [-0.2, 0) is 27.8 Å². The van der Waals surface area contributed by atoms with Gasteiger partial charge in [0.15, 0.2) is 0 Å². The van der Waals surface area contributed by atoms with Gasteiger partial charge in [-0.3, -0.25) is 4.79 Å². The Balaban J connectivity index is 1.57. The highest BCUT2D eigenvalue weighted by atomic mass is 32.2. The van der Waals surface area contributed by atoms with E-state index in [9.17, 15) is 13.2 Å². The first-order chi connectivity index (χ1) is 11.5. The molecule has 1 amide bonds. The Bertz CT molecular complexity index is 702. The smallest absolute Gasteiger partial charge is 0.223 e. The van der Waals surface area contributed by atoms with E-state index in [2.05, 4.69) is 13.0 Å². The summed E-state index contributed by atoms with van der Waals surface area (Å²) < 4.78 is 26.7. The molecule has 1 fully saturated rings. The molecule has 3 rings (SSSR count). The van der Waals surface area contributed by atoms with E-state index < -0.39 is 10.0 Å². The molecule has 1 aromatic carbocycles. The Morgan fingerprint density at radius 1 is 1.21 bits per heavy atom. The van der Waals surface area contributed by atoms with Crippen LogP contribution < -0.4 is 0 Å². The molecule has 1 saturated heterocycles. The summed E-state index contributed by atoms with van der Waals surface area (Å²) in [5.74, 6) is 0.402. The summed E-state index contributed by atoms with van der Waals surface area (Å²) >= 11 is 0. The van der Waals surface area contributed by atoms with Crippen LogP contribution >= 0.6 is 0 Å². The molecule has 0 aliphatic carbocycles. The lowest BCUT2D eigenvalue weighted by molar-refractivity contribution is -0.132. The molecule has 6 heteroatoms. The van der Waals surface area contributed by atoms with Gasteiger partial charge in [-0.1, -0.05) is 31.2 Å². The molecule has 1 unspecified atom stereocenters. The maximum atomic E-state index is 12.6. The minimum Gasteiger partial charge on any atom is -0.342 e. The SMILES string of the molecule is CC1CCCN(C(=O)CCS(=O)(=O)N2CCc3ccccc3C2)C1. The molecule has 1 aromatic rings. The quantitative estimate of drug-likeness (QED) is 0.835. The van der Waals surface area contributed by atoms with E-state index in [4.69, 9.17) is 0 Å². The normalized spacial score (nSPS) is 22.2. The van der Waals surface area contributed by atoms with Gasteiger partial charge in [0.25, 0.3) is 0 Å². The second kappa shape index (κ2) is 7.23. The number of benzene rings is 1. The number of carbonyl (C=O) groups excluding carboxylic acids is 1. The molecular formula is C18H26N2O3S. The highest BCUT2D eigenvalue weighted by Gasteiger charge is 2.28. The number of hydrogen-bond acceptors (Lipinski definition) is 3. The fraction of sp³-hybridized carbons (Fsp3) is 0.611. The first-order valence-corrected chi connectivity index (χ1v) is 10.4. The second-order valence-electron chi connectivity index (χ2n) is 7.01. The molecule has 0 bridgehead atoms. The van der Waals surface area contributed by atoms with Gasteiger partial charge in [0, 0.05) is 32.6 Å². The molecule has 132 valence electrons. The van der Waals surface area contributed by atoms with Crippen molar-refractivity contribution in [3.63, 3.8) is 0 Å².